The van der Waals surface area contributed by atoms with E-state index in [0.717, 1.165) is 43.4 Å². The number of benzene rings is 3. The Bertz CT molecular complexity index is 1590. The summed E-state index contributed by atoms with van der Waals surface area (Å²) in [6, 6.07) is 16.9. The number of hydrogen-bond donors (Lipinski definition) is 2. The number of anilines is 2. The molecule has 1 fully saturated rings. The molecule has 0 bridgehead atoms. The number of ether oxygens (including phenoxy) is 1. The lowest BCUT2D eigenvalue weighted by atomic mass is 10.1. The van der Waals surface area contributed by atoms with Gasteiger partial charge >= 0.3 is 0 Å². The van der Waals surface area contributed by atoms with Crippen LogP contribution in [0.5, 0.6) is 5.75 Å². The van der Waals surface area contributed by atoms with E-state index in [0.29, 0.717) is 23.5 Å². The molecule has 0 atom stereocenters. The minimum Gasteiger partial charge on any atom is -0.497 e. The van der Waals surface area contributed by atoms with Crippen LogP contribution in [-0.4, -0.2) is 70.6 Å². The first-order valence-electron chi connectivity index (χ1n) is 13.1. The van der Waals surface area contributed by atoms with Crippen LogP contribution in [0.1, 0.15) is 21.5 Å². The molecule has 9 nitrogen and oxygen atoms in total. The van der Waals surface area contributed by atoms with Gasteiger partial charge in [0.15, 0.2) is 5.13 Å². The summed E-state index contributed by atoms with van der Waals surface area (Å²) < 4.78 is 34.1. The number of nitrogens with one attached hydrogen (secondary N) is 2. The minimum atomic E-state index is -3.75. The van der Waals surface area contributed by atoms with E-state index in [9.17, 15) is 13.2 Å². The Balaban J connectivity index is 1.08. The Morgan fingerprint density at radius 3 is 2.38 bits per heavy atom. The average molecular weight is 580 g/mol. The normalized spacial score (nSPS) is 14.3. The number of piperazine rings is 1. The van der Waals surface area contributed by atoms with Gasteiger partial charge in [0.2, 0.25) is 0 Å². The highest BCUT2D eigenvalue weighted by atomic mass is 32.2. The second kappa shape index (κ2) is 11.8. The zero-order valence-corrected chi connectivity index (χ0v) is 24.4. The third-order valence-corrected chi connectivity index (χ3v) is 9.60. The van der Waals surface area contributed by atoms with Crippen LogP contribution >= 0.6 is 11.3 Å². The number of rotatable bonds is 9. The van der Waals surface area contributed by atoms with Crippen molar-refractivity contribution in [3.8, 4) is 5.75 Å². The van der Waals surface area contributed by atoms with Crippen molar-refractivity contribution in [2.24, 2.45) is 0 Å². The van der Waals surface area contributed by atoms with Crippen LogP contribution in [0, 0.1) is 13.8 Å². The first-order chi connectivity index (χ1) is 19.2. The topological polar surface area (TPSA) is 104 Å². The van der Waals surface area contributed by atoms with Crippen molar-refractivity contribution >= 4 is 48.3 Å². The third kappa shape index (κ3) is 6.38. The van der Waals surface area contributed by atoms with Gasteiger partial charge in [0.25, 0.3) is 15.9 Å². The molecule has 1 saturated heterocycles. The van der Waals surface area contributed by atoms with E-state index in [2.05, 4.69) is 45.8 Å². The molecular formula is C29H33N5O4S2. The number of thiazole rings is 1. The van der Waals surface area contributed by atoms with Gasteiger partial charge in [-0.25, -0.2) is 13.4 Å². The number of carbonyl (C=O) groups excluding carboxylic acids is 1. The second-order valence-electron chi connectivity index (χ2n) is 9.87. The predicted octanol–water partition coefficient (Wildman–Crippen LogP) is 4.27. The van der Waals surface area contributed by atoms with Crippen molar-refractivity contribution in [2.45, 2.75) is 18.7 Å². The number of methoxy groups -OCH3 is 1. The zero-order valence-electron chi connectivity index (χ0n) is 22.8. The molecular weight excluding hydrogens is 546 g/mol. The molecule has 1 amide bonds. The summed E-state index contributed by atoms with van der Waals surface area (Å²) in [5.41, 5.74) is 4.43. The van der Waals surface area contributed by atoms with Crippen molar-refractivity contribution in [3.05, 3.63) is 77.4 Å². The van der Waals surface area contributed by atoms with Crippen LogP contribution in [0.2, 0.25) is 0 Å². The largest absolute Gasteiger partial charge is 0.497 e. The number of hydrogen-bond acceptors (Lipinski definition) is 8. The maximum atomic E-state index is 12.6. The van der Waals surface area contributed by atoms with Gasteiger partial charge in [-0.3, -0.25) is 14.4 Å². The molecule has 2 heterocycles. The summed E-state index contributed by atoms with van der Waals surface area (Å²) in [5.74, 6) is 0.384. The predicted molar refractivity (Wildman–Crippen MR) is 160 cm³/mol. The van der Waals surface area contributed by atoms with Crippen LogP contribution in [0.15, 0.2) is 65.6 Å². The minimum absolute atomic E-state index is 0.126. The molecule has 2 N–H and O–H groups in total. The van der Waals surface area contributed by atoms with Crippen LogP contribution in [0.3, 0.4) is 0 Å². The van der Waals surface area contributed by atoms with E-state index in [1.807, 2.05) is 0 Å². The number of amides is 1. The SMILES string of the molecule is COc1ccc(S(=O)(=O)Nc2ccc(C(=O)NCCN3CCN(c4nc5cc(C)cc(C)c5s4)CC3)cc2)cc1. The smallest absolute Gasteiger partial charge is 0.261 e. The summed E-state index contributed by atoms with van der Waals surface area (Å²) in [6.45, 7) is 9.16. The monoisotopic (exact) mass is 579 g/mol. The number of fused-ring (bicyclic) bond motifs is 1. The van der Waals surface area contributed by atoms with Gasteiger partial charge in [-0.1, -0.05) is 17.4 Å². The van der Waals surface area contributed by atoms with Crippen molar-refractivity contribution in [2.75, 3.05) is 56.0 Å². The fraction of sp³-hybridized carbons (Fsp3) is 0.310. The molecule has 3 aromatic carbocycles. The molecule has 210 valence electrons. The summed E-state index contributed by atoms with van der Waals surface area (Å²) in [6.07, 6.45) is 0. The van der Waals surface area contributed by atoms with Gasteiger partial charge in [0.05, 0.1) is 22.2 Å². The Kier molecular flexibility index (Phi) is 8.24. The summed E-state index contributed by atoms with van der Waals surface area (Å²) in [4.78, 5) is 22.3. The van der Waals surface area contributed by atoms with E-state index in [4.69, 9.17) is 9.72 Å². The molecule has 0 unspecified atom stereocenters. The lowest BCUT2D eigenvalue weighted by molar-refractivity contribution is 0.0948. The molecule has 40 heavy (non-hydrogen) atoms. The molecule has 0 spiro atoms. The van der Waals surface area contributed by atoms with Crippen LogP contribution in [0.4, 0.5) is 10.8 Å². The number of aryl methyl sites for hydroxylation is 2. The highest BCUT2D eigenvalue weighted by Gasteiger charge is 2.20. The lowest BCUT2D eigenvalue weighted by Crippen LogP contribution is -2.48. The number of carbonyl (C=O) groups is 1. The highest BCUT2D eigenvalue weighted by molar-refractivity contribution is 7.92. The average Bonchev–Trinajstić information content (AvgIpc) is 3.38. The maximum absolute atomic E-state index is 12.6. The van der Waals surface area contributed by atoms with E-state index < -0.39 is 10.0 Å². The fourth-order valence-electron chi connectivity index (χ4n) is 4.75. The summed E-state index contributed by atoms with van der Waals surface area (Å²) in [5, 5.41) is 4.04. The first kappa shape index (κ1) is 27.9. The molecule has 0 radical (unpaired) electrons. The van der Waals surface area contributed by atoms with Crippen LogP contribution < -0.4 is 19.7 Å². The van der Waals surface area contributed by atoms with Crippen LogP contribution in [-0.2, 0) is 10.0 Å². The van der Waals surface area contributed by atoms with Gasteiger partial charge in [-0.15, -0.1) is 0 Å². The molecule has 0 aliphatic carbocycles. The number of sulfonamides is 1. The third-order valence-electron chi connectivity index (χ3n) is 6.93. The Morgan fingerprint density at radius 2 is 1.70 bits per heavy atom. The Hall–Kier alpha value is -3.67. The molecule has 4 aromatic rings. The Morgan fingerprint density at radius 1 is 1.00 bits per heavy atom. The van der Waals surface area contributed by atoms with Gasteiger partial charge in [-0.05, 0) is 79.6 Å². The van der Waals surface area contributed by atoms with Gasteiger partial charge < -0.3 is 15.0 Å². The van der Waals surface area contributed by atoms with Gasteiger partial charge in [0.1, 0.15) is 5.75 Å². The van der Waals surface area contributed by atoms with E-state index in [1.54, 1.807) is 47.7 Å². The summed E-state index contributed by atoms with van der Waals surface area (Å²) in [7, 11) is -2.23. The molecule has 1 aliphatic rings. The van der Waals surface area contributed by atoms with E-state index in [-0.39, 0.29) is 10.8 Å². The molecule has 0 saturated carbocycles. The van der Waals surface area contributed by atoms with Crippen molar-refractivity contribution in [1.29, 1.82) is 0 Å². The zero-order chi connectivity index (χ0) is 28.3. The number of aromatic nitrogens is 1. The lowest BCUT2D eigenvalue weighted by Gasteiger charge is -2.34. The van der Waals surface area contributed by atoms with Crippen molar-refractivity contribution < 1.29 is 17.9 Å². The standard InChI is InChI=1S/C29H33N5O4S2/c1-20-18-21(2)27-26(19-20)31-29(39-27)34-16-14-33(15-17-34)13-12-30-28(35)22-4-6-23(7-5-22)32-40(36,37)25-10-8-24(38-3)9-11-25/h4-11,18-19,32H,12-17H2,1-3H3,(H,30,35). The van der Waals surface area contributed by atoms with E-state index in [1.165, 1.54) is 35.1 Å². The Labute approximate surface area is 238 Å². The first-order valence-corrected chi connectivity index (χ1v) is 15.4. The second-order valence-corrected chi connectivity index (χ2v) is 12.5. The van der Waals surface area contributed by atoms with E-state index >= 15 is 0 Å². The van der Waals surface area contributed by atoms with Crippen LogP contribution in [0.25, 0.3) is 10.2 Å². The quantitative estimate of drug-likeness (QED) is 0.305. The van der Waals surface area contributed by atoms with Gasteiger partial charge in [0, 0.05) is 50.5 Å². The molecule has 5 rings (SSSR count). The molecule has 11 heteroatoms. The highest BCUT2D eigenvalue weighted by Crippen LogP contribution is 2.32. The summed E-state index contributed by atoms with van der Waals surface area (Å²) >= 11 is 1.76. The fourth-order valence-corrected chi connectivity index (χ4v) is 6.88. The molecule has 1 aliphatic heterocycles. The molecule has 1 aromatic heterocycles. The maximum Gasteiger partial charge on any atom is 0.261 e. The van der Waals surface area contributed by atoms with Crippen molar-refractivity contribution in [3.63, 3.8) is 0 Å². The van der Waals surface area contributed by atoms with Crippen molar-refractivity contribution in [1.82, 2.24) is 15.2 Å². The number of nitrogens with zero attached hydrogens (tertiary/aromatic N) is 3. The van der Waals surface area contributed by atoms with Gasteiger partial charge in [-0.2, -0.15) is 0 Å².